The highest BCUT2D eigenvalue weighted by Gasteiger charge is 2.51. The van der Waals surface area contributed by atoms with Crippen molar-refractivity contribution in [3.05, 3.63) is 71.0 Å². The number of halogens is 4. The van der Waals surface area contributed by atoms with Crippen molar-refractivity contribution in [1.29, 1.82) is 0 Å². The Morgan fingerprint density at radius 2 is 1.59 bits per heavy atom. The molecule has 1 atom stereocenters. The molecule has 0 heterocycles. The first kappa shape index (κ1) is 26.9. The summed E-state index contributed by atoms with van der Waals surface area (Å²) < 4.78 is 58.3. The van der Waals surface area contributed by atoms with E-state index in [1.807, 2.05) is 4.90 Å². The summed E-state index contributed by atoms with van der Waals surface area (Å²) >= 11 is 0. The topological polar surface area (TPSA) is 92.9 Å². The van der Waals surface area contributed by atoms with Gasteiger partial charge in [-0.05, 0) is 80.8 Å². The van der Waals surface area contributed by atoms with Crippen LogP contribution in [-0.2, 0) is 15.8 Å². The zero-order valence-corrected chi connectivity index (χ0v) is 20.4. The Kier molecular flexibility index (Phi) is 7.25. The third kappa shape index (κ3) is 5.58. The molecular weight excluding hydrogens is 494 g/mol. The monoisotopic (exact) mass is 524 g/mol. The number of primary amides is 1. The van der Waals surface area contributed by atoms with E-state index in [1.54, 1.807) is 12.1 Å². The minimum atomic E-state index is -4.85. The van der Waals surface area contributed by atoms with Crippen LogP contribution in [0.25, 0.3) is 0 Å². The molecule has 4 rings (SSSR count). The van der Waals surface area contributed by atoms with Gasteiger partial charge in [-0.1, -0.05) is 24.3 Å². The van der Waals surface area contributed by atoms with Gasteiger partial charge in [0.15, 0.2) is 5.60 Å². The molecular formula is C27H30F4N2O4. The second kappa shape index (κ2) is 9.96. The van der Waals surface area contributed by atoms with Crippen LogP contribution in [0.15, 0.2) is 48.5 Å². The van der Waals surface area contributed by atoms with Gasteiger partial charge in [0.2, 0.25) is 0 Å². The van der Waals surface area contributed by atoms with Crippen LogP contribution < -0.4 is 5.73 Å². The minimum Gasteiger partial charge on any atom is -0.449 e. The van der Waals surface area contributed by atoms with E-state index in [-0.39, 0.29) is 41.5 Å². The van der Waals surface area contributed by atoms with Crippen molar-refractivity contribution in [2.75, 3.05) is 6.61 Å². The maximum atomic E-state index is 13.5. The Labute approximate surface area is 212 Å². The molecule has 2 saturated carbocycles. The van der Waals surface area contributed by atoms with E-state index in [9.17, 15) is 32.3 Å². The van der Waals surface area contributed by atoms with E-state index in [0.29, 0.717) is 32.6 Å². The maximum absolute atomic E-state index is 13.5. The normalized spacial score (nSPS) is 23.7. The number of nitrogens with zero attached hydrogens (tertiary/aromatic N) is 1. The Morgan fingerprint density at radius 1 is 1.05 bits per heavy atom. The lowest BCUT2D eigenvalue weighted by Gasteiger charge is -2.43. The van der Waals surface area contributed by atoms with Gasteiger partial charge in [0.1, 0.15) is 12.4 Å². The van der Waals surface area contributed by atoms with Crippen molar-refractivity contribution in [3.8, 4) is 0 Å². The Balaban J connectivity index is 1.52. The van der Waals surface area contributed by atoms with Gasteiger partial charge in [-0.3, -0.25) is 4.79 Å². The number of ether oxygens (including phenoxy) is 1. The predicted octanol–water partition coefficient (Wildman–Crippen LogP) is 5.18. The fourth-order valence-electron chi connectivity index (χ4n) is 5.19. The standard InChI is InChI=1S/C27H30F4N2O4/c1-25(36,27(29,30)31)18-4-2-17(3-5-18)23(34)33(21-10-11-21)22-12-14-26(15-13-22,16-37-24(32)35)19-6-8-20(28)9-7-19/h2-9,21-22,36H,10-16H2,1H3,(H2,32,35)/t22?,25-,26?/m0/s1/i24+2. The first-order valence-corrected chi connectivity index (χ1v) is 12.2. The molecule has 10 heteroatoms. The lowest BCUT2D eigenvalue weighted by molar-refractivity contribution is -0.258. The number of aliphatic hydroxyl groups is 1. The van der Waals surface area contributed by atoms with Crippen LogP contribution in [0.4, 0.5) is 22.4 Å². The molecule has 0 unspecified atom stereocenters. The van der Waals surface area contributed by atoms with Gasteiger partial charge in [0.05, 0.1) is 0 Å². The molecule has 2 fully saturated rings. The fraction of sp³-hybridized carbons (Fsp3) is 0.481. The van der Waals surface area contributed by atoms with Crippen LogP contribution >= 0.6 is 0 Å². The molecule has 0 saturated heterocycles. The molecule has 0 aromatic heterocycles. The van der Waals surface area contributed by atoms with Crippen LogP contribution in [0.2, 0.25) is 0 Å². The summed E-state index contributed by atoms with van der Waals surface area (Å²) in [6.45, 7) is 0.719. The predicted molar refractivity (Wildman–Crippen MR) is 127 cm³/mol. The molecule has 2 aromatic rings. The van der Waals surface area contributed by atoms with Crippen LogP contribution in [0.1, 0.15) is 66.9 Å². The van der Waals surface area contributed by atoms with Crippen molar-refractivity contribution in [2.45, 2.75) is 74.7 Å². The van der Waals surface area contributed by atoms with E-state index in [2.05, 4.69) is 0 Å². The van der Waals surface area contributed by atoms with Gasteiger partial charge in [0, 0.05) is 23.1 Å². The number of rotatable bonds is 7. The molecule has 2 amide bonds. The number of carbonyl (C=O) groups excluding carboxylic acids is 2. The summed E-state index contributed by atoms with van der Waals surface area (Å²) in [4.78, 5) is 26.6. The molecule has 0 aliphatic heterocycles. The lowest BCUT2D eigenvalue weighted by atomic mass is 9.68. The van der Waals surface area contributed by atoms with Gasteiger partial charge >= 0.3 is 12.3 Å². The molecule has 0 bridgehead atoms. The number of hydrogen-bond donors (Lipinski definition) is 2. The summed E-state index contributed by atoms with van der Waals surface area (Å²) in [6.07, 6.45) is -1.72. The summed E-state index contributed by atoms with van der Waals surface area (Å²) in [5, 5.41) is 9.92. The Morgan fingerprint density at radius 3 is 2.08 bits per heavy atom. The van der Waals surface area contributed by atoms with Gasteiger partial charge in [-0.25, -0.2) is 9.18 Å². The largest absolute Gasteiger partial charge is 0.449 e. The van der Waals surface area contributed by atoms with E-state index in [0.717, 1.165) is 30.5 Å². The molecule has 6 nitrogen and oxygen atoms in total. The SMILES string of the molecule is C[C@](O)(c1ccc(C(=O)N(C2CC2)C2CCC(CO[14C](N)=O)(c3ccc(F)cc3)CC2)cc1)C(F)(F)F. The smallest absolute Gasteiger partial charge is 0.421 e. The fourth-order valence-corrected chi connectivity index (χ4v) is 5.19. The molecule has 2 aliphatic carbocycles. The van der Waals surface area contributed by atoms with E-state index < -0.39 is 23.3 Å². The second-order valence-electron chi connectivity index (χ2n) is 10.2. The van der Waals surface area contributed by atoms with Crippen LogP contribution in [0.5, 0.6) is 0 Å². The van der Waals surface area contributed by atoms with E-state index >= 15 is 0 Å². The molecule has 0 radical (unpaired) electrons. The van der Waals surface area contributed by atoms with Crippen LogP contribution in [-0.4, -0.2) is 46.9 Å². The summed E-state index contributed by atoms with van der Waals surface area (Å²) in [6, 6.07) is 10.9. The van der Waals surface area contributed by atoms with Gasteiger partial charge in [-0.2, -0.15) is 13.2 Å². The Hall–Kier alpha value is -3.14. The second-order valence-corrected chi connectivity index (χ2v) is 10.2. The highest BCUT2D eigenvalue weighted by atomic mass is 19.4. The molecule has 3 N–H and O–H groups in total. The number of hydrogen-bond acceptors (Lipinski definition) is 4. The zero-order valence-electron chi connectivity index (χ0n) is 20.4. The quantitative estimate of drug-likeness (QED) is 0.489. The third-order valence-electron chi connectivity index (χ3n) is 7.67. The first-order valence-electron chi connectivity index (χ1n) is 12.2. The van der Waals surface area contributed by atoms with Crippen LogP contribution in [0, 0.1) is 5.82 Å². The maximum Gasteiger partial charge on any atom is 0.421 e. The van der Waals surface area contributed by atoms with Crippen molar-refractivity contribution >= 4 is 12.0 Å². The molecule has 2 aliphatic rings. The zero-order chi connectivity index (χ0) is 27.0. The van der Waals surface area contributed by atoms with Gasteiger partial charge in [-0.15, -0.1) is 0 Å². The number of amides is 2. The minimum absolute atomic E-state index is 0.0403. The number of benzene rings is 2. The highest BCUT2D eigenvalue weighted by Crippen LogP contribution is 2.44. The Bertz CT molecular complexity index is 1120. The number of alkyl halides is 3. The summed E-state index contributed by atoms with van der Waals surface area (Å²) in [5.74, 6) is -0.648. The average Bonchev–Trinajstić information content (AvgIpc) is 3.69. The van der Waals surface area contributed by atoms with E-state index in [4.69, 9.17) is 10.5 Å². The van der Waals surface area contributed by atoms with Gasteiger partial charge in [0.25, 0.3) is 5.91 Å². The summed E-state index contributed by atoms with van der Waals surface area (Å²) in [7, 11) is 0. The van der Waals surface area contributed by atoms with Crippen molar-refractivity contribution in [3.63, 3.8) is 0 Å². The van der Waals surface area contributed by atoms with Gasteiger partial charge < -0.3 is 20.5 Å². The van der Waals surface area contributed by atoms with Crippen LogP contribution in [0.3, 0.4) is 0 Å². The average molecular weight is 525 g/mol. The van der Waals surface area contributed by atoms with Crippen molar-refractivity contribution < 1.29 is 37.0 Å². The molecule has 200 valence electrons. The molecule has 0 spiro atoms. The van der Waals surface area contributed by atoms with Crippen molar-refractivity contribution in [2.24, 2.45) is 5.73 Å². The third-order valence-corrected chi connectivity index (χ3v) is 7.67. The molecule has 2 aromatic carbocycles. The number of nitrogens with two attached hydrogens (primary N) is 1. The van der Waals surface area contributed by atoms with Crippen molar-refractivity contribution in [1.82, 2.24) is 4.90 Å². The first-order chi connectivity index (χ1) is 17.3. The number of carbonyl (C=O) groups is 2. The summed E-state index contributed by atoms with van der Waals surface area (Å²) in [5.41, 5.74) is 2.35. The van der Waals surface area contributed by atoms with E-state index in [1.165, 1.54) is 24.3 Å². The lowest BCUT2D eigenvalue weighted by Crippen LogP contribution is -2.48. The highest BCUT2D eigenvalue weighted by molar-refractivity contribution is 5.95. The molecule has 37 heavy (non-hydrogen) atoms.